The maximum Gasteiger partial charge on any atom is 0.273 e. The van der Waals surface area contributed by atoms with Gasteiger partial charge in [-0.3, -0.25) is 4.79 Å². The van der Waals surface area contributed by atoms with E-state index in [1.54, 1.807) is 0 Å². The molecule has 5 nitrogen and oxygen atoms in total. The van der Waals surface area contributed by atoms with Gasteiger partial charge < -0.3 is 15.5 Å². The molecule has 0 bridgehead atoms. The molecule has 3 aromatic rings. The molecule has 3 N–H and O–H groups in total. The Balaban J connectivity index is 1.60. The highest BCUT2D eigenvalue weighted by Crippen LogP contribution is 2.17. The van der Waals surface area contributed by atoms with Crippen molar-refractivity contribution in [2.75, 3.05) is 0 Å². The average molecular weight is 400 g/mol. The summed E-state index contributed by atoms with van der Waals surface area (Å²) in [5.41, 5.74) is 8.44. The van der Waals surface area contributed by atoms with E-state index in [1.807, 2.05) is 54.6 Å². The number of aromatic nitrogens is 1. The topological polar surface area (TPSA) is 81.1 Å². The SMILES string of the molecule is NC(Cc1ccccc1)c1nc(C(=O)NCc2ccccc2Br)co1. The van der Waals surface area contributed by atoms with Crippen LogP contribution >= 0.6 is 15.9 Å². The van der Waals surface area contributed by atoms with Crippen LogP contribution in [0.3, 0.4) is 0 Å². The van der Waals surface area contributed by atoms with Gasteiger partial charge in [0.1, 0.15) is 6.26 Å². The molecule has 0 aliphatic rings. The summed E-state index contributed by atoms with van der Waals surface area (Å²) in [6.07, 6.45) is 1.94. The van der Waals surface area contributed by atoms with Crippen LogP contribution in [0.15, 0.2) is 69.8 Å². The van der Waals surface area contributed by atoms with Gasteiger partial charge in [-0.2, -0.15) is 0 Å². The molecule has 0 aliphatic carbocycles. The number of amides is 1. The van der Waals surface area contributed by atoms with Gasteiger partial charge in [0.2, 0.25) is 5.89 Å². The van der Waals surface area contributed by atoms with Gasteiger partial charge in [-0.1, -0.05) is 64.5 Å². The van der Waals surface area contributed by atoms with Gasteiger partial charge in [0, 0.05) is 11.0 Å². The molecular weight excluding hydrogens is 382 g/mol. The summed E-state index contributed by atoms with van der Waals surface area (Å²) >= 11 is 3.46. The first-order chi connectivity index (χ1) is 12.1. The van der Waals surface area contributed by atoms with Crippen molar-refractivity contribution >= 4 is 21.8 Å². The number of carbonyl (C=O) groups excluding carboxylic acids is 1. The lowest BCUT2D eigenvalue weighted by atomic mass is 10.1. The Morgan fingerprint density at radius 2 is 1.88 bits per heavy atom. The number of halogens is 1. The van der Waals surface area contributed by atoms with E-state index in [1.165, 1.54) is 6.26 Å². The van der Waals surface area contributed by atoms with Crippen molar-refractivity contribution in [2.45, 2.75) is 19.0 Å². The standard InChI is InChI=1S/C19H18BrN3O2/c20-15-9-5-4-8-14(15)11-22-18(24)17-12-25-19(23-17)16(21)10-13-6-2-1-3-7-13/h1-9,12,16H,10-11,21H2,(H,22,24). The zero-order chi connectivity index (χ0) is 17.6. The van der Waals surface area contributed by atoms with Crippen LogP contribution < -0.4 is 11.1 Å². The minimum atomic E-state index is -0.396. The predicted molar refractivity (Wildman–Crippen MR) is 98.9 cm³/mol. The number of nitrogens with zero attached hydrogens (tertiary/aromatic N) is 1. The average Bonchev–Trinajstić information content (AvgIpc) is 3.12. The minimum Gasteiger partial charge on any atom is -0.446 e. The lowest BCUT2D eigenvalue weighted by Gasteiger charge is -2.07. The number of rotatable bonds is 6. The monoisotopic (exact) mass is 399 g/mol. The number of hydrogen-bond acceptors (Lipinski definition) is 4. The third kappa shape index (κ3) is 4.55. The molecule has 0 spiro atoms. The second kappa shape index (κ2) is 8.09. The van der Waals surface area contributed by atoms with Gasteiger partial charge in [-0.25, -0.2) is 4.98 Å². The normalized spacial score (nSPS) is 11.9. The van der Waals surface area contributed by atoms with Gasteiger partial charge in [0.15, 0.2) is 5.69 Å². The fourth-order valence-electron chi connectivity index (χ4n) is 2.43. The van der Waals surface area contributed by atoms with Gasteiger partial charge in [-0.05, 0) is 23.6 Å². The zero-order valence-corrected chi connectivity index (χ0v) is 15.1. The summed E-state index contributed by atoms with van der Waals surface area (Å²) in [6.45, 7) is 0.401. The van der Waals surface area contributed by atoms with E-state index in [0.29, 0.717) is 18.9 Å². The van der Waals surface area contributed by atoms with Crippen LogP contribution in [0, 0.1) is 0 Å². The van der Waals surface area contributed by atoms with Gasteiger partial charge >= 0.3 is 0 Å². The van der Waals surface area contributed by atoms with Crippen molar-refractivity contribution in [2.24, 2.45) is 5.73 Å². The molecule has 0 fully saturated rings. The minimum absolute atomic E-state index is 0.227. The fourth-order valence-corrected chi connectivity index (χ4v) is 2.85. The summed E-state index contributed by atoms with van der Waals surface area (Å²) < 4.78 is 6.33. The quantitative estimate of drug-likeness (QED) is 0.663. The van der Waals surface area contributed by atoms with E-state index in [-0.39, 0.29) is 11.6 Å². The van der Waals surface area contributed by atoms with Crippen LogP contribution in [0.25, 0.3) is 0 Å². The highest BCUT2D eigenvalue weighted by atomic mass is 79.9. The first-order valence-corrected chi connectivity index (χ1v) is 8.69. The summed E-state index contributed by atoms with van der Waals surface area (Å²) in [7, 11) is 0. The number of carbonyl (C=O) groups is 1. The van der Waals surface area contributed by atoms with Gasteiger partial charge in [-0.15, -0.1) is 0 Å². The van der Waals surface area contributed by atoms with Crippen molar-refractivity contribution in [1.82, 2.24) is 10.3 Å². The van der Waals surface area contributed by atoms with E-state index in [0.717, 1.165) is 15.6 Å². The third-order valence-corrected chi connectivity index (χ3v) is 4.54. The van der Waals surface area contributed by atoms with Crippen molar-refractivity contribution in [1.29, 1.82) is 0 Å². The molecule has 0 aliphatic heterocycles. The molecule has 1 aromatic heterocycles. The third-order valence-electron chi connectivity index (χ3n) is 3.77. The van der Waals surface area contributed by atoms with Gasteiger partial charge in [0.25, 0.3) is 5.91 Å². The first kappa shape index (κ1) is 17.4. The molecule has 1 amide bonds. The number of nitrogens with two attached hydrogens (primary N) is 1. The fraction of sp³-hybridized carbons (Fsp3) is 0.158. The molecule has 1 atom stereocenters. The second-order valence-corrected chi connectivity index (χ2v) is 6.50. The molecule has 25 heavy (non-hydrogen) atoms. The van der Waals surface area contributed by atoms with Crippen LogP contribution in [0.5, 0.6) is 0 Å². The van der Waals surface area contributed by atoms with Crippen LogP contribution in [-0.2, 0) is 13.0 Å². The number of hydrogen-bond donors (Lipinski definition) is 2. The largest absolute Gasteiger partial charge is 0.446 e. The summed E-state index contributed by atoms with van der Waals surface area (Å²) in [5.74, 6) is 0.0626. The lowest BCUT2D eigenvalue weighted by Crippen LogP contribution is -2.23. The molecule has 0 radical (unpaired) electrons. The molecule has 128 valence electrons. The Hall–Kier alpha value is -2.44. The molecule has 0 saturated carbocycles. The van der Waals surface area contributed by atoms with Crippen molar-refractivity contribution in [3.63, 3.8) is 0 Å². The Morgan fingerprint density at radius 1 is 1.16 bits per heavy atom. The maximum atomic E-state index is 12.2. The molecule has 1 unspecified atom stereocenters. The number of benzene rings is 2. The Bertz CT molecular complexity index is 849. The van der Waals surface area contributed by atoms with Crippen LogP contribution in [0.2, 0.25) is 0 Å². The van der Waals surface area contributed by atoms with Gasteiger partial charge in [0.05, 0.1) is 6.04 Å². The Morgan fingerprint density at radius 3 is 2.64 bits per heavy atom. The van der Waals surface area contributed by atoms with E-state index in [9.17, 15) is 4.79 Å². The molecule has 0 saturated heterocycles. The molecule has 3 rings (SSSR count). The number of nitrogens with one attached hydrogen (secondary N) is 1. The van der Waals surface area contributed by atoms with Crippen LogP contribution in [0.1, 0.15) is 33.5 Å². The summed E-state index contributed by atoms with van der Waals surface area (Å²) in [6, 6.07) is 17.2. The molecular formula is C19H18BrN3O2. The smallest absolute Gasteiger partial charge is 0.273 e. The van der Waals surface area contributed by atoms with E-state index >= 15 is 0 Å². The first-order valence-electron chi connectivity index (χ1n) is 7.90. The molecule has 1 heterocycles. The maximum absolute atomic E-state index is 12.2. The van der Waals surface area contributed by atoms with E-state index < -0.39 is 6.04 Å². The zero-order valence-electron chi connectivity index (χ0n) is 13.5. The van der Waals surface area contributed by atoms with Crippen LogP contribution in [0.4, 0.5) is 0 Å². The van der Waals surface area contributed by atoms with E-state index in [2.05, 4.69) is 26.2 Å². The highest BCUT2D eigenvalue weighted by molar-refractivity contribution is 9.10. The Kier molecular flexibility index (Phi) is 5.63. The van der Waals surface area contributed by atoms with Crippen molar-refractivity contribution in [3.05, 3.63) is 88.0 Å². The van der Waals surface area contributed by atoms with E-state index in [4.69, 9.17) is 10.2 Å². The lowest BCUT2D eigenvalue weighted by molar-refractivity contribution is 0.0946. The summed E-state index contributed by atoms with van der Waals surface area (Å²) in [5, 5.41) is 2.83. The predicted octanol–water partition coefficient (Wildman–Crippen LogP) is 3.61. The van der Waals surface area contributed by atoms with Crippen molar-refractivity contribution < 1.29 is 9.21 Å². The summed E-state index contributed by atoms with van der Waals surface area (Å²) in [4.78, 5) is 16.5. The molecule has 2 aromatic carbocycles. The molecule has 6 heteroatoms. The Labute approximate surface area is 154 Å². The number of oxazole rings is 1. The highest BCUT2D eigenvalue weighted by Gasteiger charge is 2.17. The second-order valence-electron chi connectivity index (χ2n) is 5.64. The van der Waals surface area contributed by atoms with Crippen LogP contribution in [-0.4, -0.2) is 10.9 Å². The van der Waals surface area contributed by atoms with Crippen molar-refractivity contribution in [3.8, 4) is 0 Å².